The summed E-state index contributed by atoms with van der Waals surface area (Å²) >= 11 is 6.10. The molecular formula is C17H15ClF2N2O2. The van der Waals surface area contributed by atoms with Crippen LogP contribution in [0, 0.1) is 11.6 Å². The van der Waals surface area contributed by atoms with E-state index in [4.69, 9.17) is 11.6 Å². The molecule has 2 amide bonds. The normalized spacial score (nSPS) is 11.7. The summed E-state index contributed by atoms with van der Waals surface area (Å²) in [5.74, 6) is -2.35. The smallest absolute Gasteiger partial charge is 0.226 e. The summed E-state index contributed by atoms with van der Waals surface area (Å²) in [5.41, 5.74) is 0.296. The fourth-order valence-corrected chi connectivity index (χ4v) is 2.49. The largest absolute Gasteiger partial charge is 0.349 e. The Labute approximate surface area is 142 Å². The summed E-state index contributed by atoms with van der Waals surface area (Å²) in [6.45, 7) is 1.31. The van der Waals surface area contributed by atoms with Gasteiger partial charge in [0.25, 0.3) is 0 Å². The van der Waals surface area contributed by atoms with Crippen molar-refractivity contribution < 1.29 is 18.4 Å². The van der Waals surface area contributed by atoms with Gasteiger partial charge in [0.05, 0.1) is 18.2 Å². The Morgan fingerprint density at radius 1 is 1.17 bits per heavy atom. The highest BCUT2D eigenvalue weighted by atomic mass is 35.5. The minimum atomic E-state index is -0.751. The summed E-state index contributed by atoms with van der Waals surface area (Å²) in [4.78, 5) is 23.5. The zero-order valence-corrected chi connectivity index (χ0v) is 13.5. The zero-order valence-electron chi connectivity index (χ0n) is 12.8. The SMILES string of the molecule is CC(=O)N[C@@H](CC(=O)Nc1cc(F)ccc1F)c1ccccc1Cl. The van der Waals surface area contributed by atoms with Gasteiger partial charge in [0.15, 0.2) is 0 Å². The van der Waals surface area contributed by atoms with Crippen LogP contribution in [0.2, 0.25) is 5.02 Å². The van der Waals surface area contributed by atoms with Gasteiger partial charge in [0.1, 0.15) is 11.6 Å². The predicted molar refractivity (Wildman–Crippen MR) is 87.6 cm³/mol. The summed E-state index contributed by atoms with van der Waals surface area (Å²) in [7, 11) is 0. The van der Waals surface area contributed by atoms with Crippen LogP contribution in [0.3, 0.4) is 0 Å². The molecule has 0 saturated heterocycles. The highest BCUT2D eigenvalue weighted by Gasteiger charge is 2.20. The molecule has 0 saturated carbocycles. The highest BCUT2D eigenvalue weighted by Crippen LogP contribution is 2.26. The molecule has 0 spiro atoms. The van der Waals surface area contributed by atoms with Crippen molar-refractivity contribution in [2.24, 2.45) is 0 Å². The summed E-state index contributed by atoms with van der Waals surface area (Å²) < 4.78 is 26.7. The van der Waals surface area contributed by atoms with Gasteiger partial charge in [-0.25, -0.2) is 8.78 Å². The molecule has 0 aromatic heterocycles. The Balaban J connectivity index is 2.17. The van der Waals surface area contributed by atoms with Gasteiger partial charge < -0.3 is 10.6 Å². The van der Waals surface area contributed by atoms with Crippen LogP contribution in [0.4, 0.5) is 14.5 Å². The van der Waals surface area contributed by atoms with Crippen LogP contribution >= 0.6 is 11.6 Å². The first-order valence-electron chi connectivity index (χ1n) is 7.13. The lowest BCUT2D eigenvalue weighted by Crippen LogP contribution is -2.30. The quantitative estimate of drug-likeness (QED) is 0.859. The molecule has 0 aliphatic rings. The summed E-state index contributed by atoms with van der Waals surface area (Å²) in [5, 5.41) is 5.31. The van der Waals surface area contributed by atoms with E-state index >= 15 is 0 Å². The van der Waals surface area contributed by atoms with Crippen molar-refractivity contribution in [2.75, 3.05) is 5.32 Å². The summed E-state index contributed by atoms with van der Waals surface area (Å²) in [6, 6.07) is 8.83. The van der Waals surface area contributed by atoms with E-state index in [-0.39, 0.29) is 18.0 Å². The molecular weight excluding hydrogens is 338 g/mol. The number of anilines is 1. The maximum Gasteiger partial charge on any atom is 0.226 e. The number of carbonyl (C=O) groups is 2. The summed E-state index contributed by atoms with van der Waals surface area (Å²) in [6.07, 6.45) is -0.181. The van der Waals surface area contributed by atoms with Crippen molar-refractivity contribution in [1.82, 2.24) is 5.32 Å². The second-order valence-electron chi connectivity index (χ2n) is 5.15. The molecule has 126 valence electrons. The van der Waals surface area contributed by atoms with Crippen molar-refractivity contribution >= 4 is 29.1 Å². The van der Waals surface area contributed by atoms with Crippen LogP contribution < -0.4 is 10.6 Å². The lowest BCUT2D eigenvalue weighted by atomic mass is 10.0. The van der Waals surface area contributed by atoms with E-state index in [1.54, 1.807) is 24.3 Å². The first-order valence-corrected chi connectivity index (χ1v) is 7.51. The number of benzene rings is 2. The van der Waals surface area contributed by atoms with Crippen molar-refractivity contribution in [3.8, 4) is 0 Å². The molecule has 2 rings (SSSR count). The average Bonchev–Trinajstić information content (AvgIpc) is 2.50. The van der Waals surface area contributed by atoms with Crippen LogP contribution in [-0.4, -0.2) is 11.8 Å². The Kier molecular flexibility index (Phi) is 5.87. The van der Waals surface area contributed by atoms with E-state index < -0.39 is 23.6 Å². The van der Waals surface area contributed by atoms with Gasteiger partial charge in [-0.1, -0.05) is 29.8 Å². The van der Waals surface area contributed by atoms with E-state index in [2.05, 4.69) is 10.6 Å². The molecule has 0 radical (unpaired) electrons. The molecule has 4 nitrogen and oxygen atoms in total. The Bertz CT molecular complexity index is 768. The third-order valence-electron chi connectivity index (χ3n) is 3.25. The number of carbonyl (C=O) groups excluding carboxylic acids is 2. The topological polar surface area (TPSA) is 58.2 Å². The minimum absolute atomic E-state index is 0.181. The number of nitrogens with one attached hydrogen (secondary N) is 2. The molecule has 0 aliphatic carbocycles. The molecule has 2 N–H and O–H groups in total. The Morgan fingerprint density at radius 2 is 1.88 bits per heavy atom. The first kappa shape index (κ1) is 17.9. The van der Waals surface area contributed by atoms with Crippen molar-refractivity contribution in [2.45, 2.75) is 19.4 Å². The fourth-order valence-electron chi connectivity index (χ4n) is 2.22. The highest BCUT2D eigenvalue weighted by molar-refractivity contribution is 6.31. The number of amides is 2. The molecule has 2 aromatic rings. The number of halogens is 3. The monoisotopic (exact) mass is 352 g/mol. The Hall–Kier alpha value is -2.47. The average molecular weight is 353 g/mol. The molecule has 0 unspecified atom stereocenters. The molecule has 0 fully saturated rings. The standard InChI is InChI=1S/C17H15ClF2N2O2/c1-10(23)21-15(12-4-2-3-5-13(12)18)9-17(24)22-16-8-11(19)6-7-14(16)20/h2-8,15H,9H2,1H3,(H,21,23)(H,22,24)/t15-/m0/s1. The molecule has 0 aliphatic heterocycles. The van der Waals surface area contributed by atoms with Crippen LogP contribution in [0.25, 0.3) is 0 Å². The second kappa shape index (κ2) is 7.88. The lowest BCUT2D eigenvalue weighted by molar-refractivity contribution is -0.120. The Morgan fingerprint density at radius 3 is 2.54 bits per heavy atom. The number of hydrogen-bond donors (Lipinski definition) is 2. The van der Waals surface area contributed by atoms with Crippen LogP contribution in [0.15, 0.2) is 42.5 Å². The third kappa shape index (κ3) is 4.76. The van der Waals surface area contributed by atoms with Crippen molar-refractivity contribution in [3.63, 3.8) is 0 Å². The number of rotatable bonds is 5. The molecule has 7 heteroatoms. The molecule has 2 aromatic carbocycles. The van der Waals surface area contributed by atoms with E-state index in [0.717, 1.165) is 18.2 Å². The van der Waals surface area contributed by atoms with Gasteiger partial charge in [0.2, 0.25) is 11.8 Å². The van der Waals surface area contributed by atoms with Gasteiger partial charge in [-0.3, -0.25) is 9.59 Å². The molecule has 1 atom stereocenters. The van der Waals surface area contributed by atoms with E-state index in [1.165, 1.54) is 6.92 Å². The molecule has 24 heavy (non-hydrogen) atoms. The first-order chi connectivity index (χ1) is 11.4. The fraction of sp³-hybridized carbons (Fsp3) is 0.176. The maximum atomic E-state index is 13.6. The van der Waals surface area contributed by atoms with Crippen LogP contribution in [0.1, 0.15) is 24.9 Å². The van der Waals surface area contributed by atoms with Gasteiger partial charge in [0, 0.05) is 18.0 Å². The van der Waals surface area contributed by atoms with Crippen molar-refractivity contribution in [3.05, 3.63) is 64.7 Å². The maximum absolute atomic E-state index is 13.6. The van der Waals surface area contributed by atoms with E-state index in [0.29, 0.717) is 10.6 Å². The van der Waals surface area contributed by atoms with Gasteiger partial charge in [-0.15, -0.1) is 0 Å². The second-order valence-corrected chi connectivity index (χ2v) is 5.56. The third-order valence-corrected chi connectivity index (χ3v) is 3.59. The van der Waals surface area contributed by atoms with E-state index in [9.17, 15) is 18.4 Å². The van der Waals surface area contributed by atoms with Crippen LogP contribution in [-0.2, 0) is 9.59 Å². The van der Waals surface area contributed by atoms with Gasteiger partial charge >= 0.3 is 0 Å². The van der Waals surface area contributed by atoms with Gasteiger partial charge in [-0.05, 0) is 23.8 Å². The van der Waals surface area contributed by atoms with Crippen LogP contribution in [0.5, 0.6) is 0 Å². The van der Waals surface area contributed by atoms with E-state index in [1.807, 2.05) is 0 Å². The lowest BCUT2D eigenvalue weighted by Gasteiger charge is -2.19. The molecule has 0 heterocycles. The molecule has 0 bridgehead atoms. The van der Waals surface area contributed by atoms with Gasteiger partial charge in [-0.2, -0.15) is 0 Å². The minimum Gasteiger partial charge on any atom is -0.349 e. The number of hydrogen-bond acceptors (Lipinski definition) is 2. The predicted octanol–water partition coefficient (Wildman–Crippen LogP) is 3.82. The van der Waals surface area contributed by atoms with Crippen molar-refractivity contribution in [1.29, 1.82) is 0 Å². The zero-order chi connectivity index (χ0) is 17.7.